The summed E-state index contributed by atoms with van der Waals surface area (Å²) in [4.78, 5) is 15.0. The van der Waals surface area contributed by atoms with Crippen LogP contribution < -0.4 is 4.74 Å². The van der Waals surface area contributed by atoms with Crippen LogP contribution in [0, 0.1) is 0 Å². The molecule has 0 N–H and O–H groups in total. The van der Waals surface area contributed by atoms with Crippen molar-refractivity contribution in [3.05, 3.63) is 35.5 Å². The number of aromatic nitrogens is 1. The molecule has 76 valence electrons. The molecule has 15 heavy (non-hydrogen) atoms. The minimum absolute atomic E-state index is 0.359. The van der Waals surface area contributed by atoms with E-state index in [-0.39, 0.29) is 5.97 Å². The van der Waals surface area contributed by atoms with Gasteiger partial charge in [-0.15, -0.1) is 0 Å². The molecule has 0 radical (unpaired) electrons. The van der Waals surface area contributed by atoms with Crippen molar-refractivity contribution in [3.8, 4) is 5.75 Å². The largest absolute Gasteiger partial charge is 0.426 e. The van der Waals surface area contributed by atoms with Crippen LogP contribution >= 0.6 is 11.6 Å². The van der Waals surface area contributed by atoms with E-state index in [1.807, 2.05) is 0 Å². The molecule has 1 heterocycles. The zero-order valence-electron chi connectivity index (χ0n) is 8.03. The van der Waals surface area contributed by atoms with E-state index in [0.717, 1.165) is 10.9 Å². The molecule has 0 saturated carbocycles. The fourth-order valence-electron chi connectivity index (χ4n) is 1.34. The number of nitrogens with zero attached hydrogens (tertiary/aromatic N) is 1. The molecule has 3 nitrogen and oxygen atoms in total. The monoisotopic (exact) mass is 221 g/mol. The standard InChI is InChI=1S/C11H8ClNO2/c1-7(14)15-11-4-5-13-10-3-2-8(12)6-9(10)11/h2-6H,1H3. The van der Waals surface area contributed by atoms with E-state index >= 15 is 0 Å². The third kappa shape index (κ3) is 2.07. The Kier molecular flexibility index (Phi) is 2.56. The van der Waals surface area contributed by atoms with Crippen molar-refractivity contribution in [2.45, 2.75) is 6.92 Å². The van der Waals surface area contributed by atoms with E-state index in [1.165, 1.54) is 6.92 Å². The lowest BCUT2D eigenvalue weighted by atomic mass is 10.2. The van der Waals surface area contributed by atoms with E-state index < -0.39 is 0 Å². The van der Waals surface area contributed by atoms with Crippen LogP contribution in [0.5, 0.6) is 5.75 Å². The van der Waals surface area contributed by atoms with Gasteiger partial charge in [-0.3, -0.25) is 9.78 Å². The molecule has 0 aliphatic heterocycles. The summed E-state index contributed by atoms with van der Waals surface area (Å²) >= 11 is 5.86. The Morgan fingerprint density at radius 2 is 2.20 bits per heavy atom. The SMILES string of the molecule is CC(=O)Oc1ccnc2ccc(Cl)cc12. The van der Waals surface area contributed by atoms with Crippen molar-refractivity contribution >= 4 is 28.5 Å². The fraction of sp³-hybridized carbons (Fsp3) is 0.0909. The van der Waals surface area contributed by atoms with Crippen LogP contribution in [0.15, 0.2) is 30.5 Å². The molecule has 0 fully saturated rings. The van der Waals surface area contributed by atoms with E-state index in [2.05, 4.69) is 4.98 Å². The molecule has 4 heteroatoms. The summed E-state index contributed by atoms with van der Waals surface area (Å²) in [5.41, 5.74) is 0.748. The zero-order chi connectivity index (χ0) is 10.8. The summed E-state index contributed by atoms with van der Waals surface area (Å²) in [5.74, 6) is 0.123. The first-order valence-electron chi connectivity index (χ1n) is 4.39. The maximum Gasteiger partial charge on any atom is 0.308 e. The number of esters is 1. The van der Waals surface area contributed by atoms with Crippen LogP contribution in [-0.2, 0) is 4.79 Å². The van der Waals surface area contributed by atoms with Gasteiger partial charge in [-0.25, -0.2) is 0 Å². The third-order valence-electron chi connectivity index (χ3n) is 1.92. The van der Waals surface area contributed by atoms with Gasteiger partial charge in [0.05, 0.1) is 5.52 Å². The number of rotatable bonds is 1. The molecule has 0 aliphatic rings. The quantitative estimate of drug-likeness (QED) is 0.695. The predicted octanol–water partition coefficient (Wildman–Crippen LogP) is 2.81. The smallest absolute Gasteiger partial charge is 0.308 e. The topological polar surface area (TPSA) is 39.2 Å². The molecular formula is C11H8ClNO2. The lowest BCUT2D eigenvalue weighted by molar-refractivity contribution is -0.131. The average Bonchev–Trinajstić information content (AvgIpc) is 2.18. The lowest BCUT2D eigenvalue weighted by Gasteiger charge is -2.05. The summed E-state index contributed by atoms with van der Waals surface area (Å²) < 4.78 is 5.04. The Bertz CT molecular complexity index is 525. The van der Waals surface area contributed by atoms with Gasteiger partial charge in [0, 0.05) is 23.5 Å². The molecule has 2 rings (SSSR count). The average molecular weight is 222 g/mol. The van der Waals surface area contributed by atoms with Gasteiger partial charge in [-0.05, 0) is 24.3 Å². The highest BCUT2D eigenvalue weighted by molar-refractivity contribution is 6.31. The number of hydrogen-bond acceptors (Lipinski definition) is 3. The van der Waals surface area contributed by atoms with Crippen molar-refractivity contribution in [2.75, 3.05) is 0 Å². The summed E-state index contributed by atoms with van der Waals surface area (Å²) in [7, 11) is 0. The van der Waals surface area contributed by atoms with E-state index in [9.17, 15) is 4.79 Å². The van der Waals surface area contributed by atoms with Crippen molar-refractivity contribution in [2.24, 2.45) is 0 Å². The molecule has 2 aromatic rings. The van der Waals surface area contributed by atoms with Crippen LogP contribution in [0.3, 0.4) is 0 Å². The number of fused-ring (bicyclic) bond motifs is 1. The molecule has 1 aromatic carbocycles. The van der Waals surface area contributed by atoms with E-state index in [1.54, 1.807) is 30.5 Å². The maximum absolute atomic E-state index is 10.9. The number of carbonyl (C=O) groups excluding carboxylic acids is 1. The number of pyridine rings is 1. The maximum atomic E-state index is 10.9. The van der Waals surface area contributed by atoms with Crippen molar-refractivity contribution in [1.29, 1.82) is 0 Å². The summed E-state index contributed by atoms with van der Waals surface area (Å²) in [6, 6.07) is 6.89. The van der Waals surface area contributed by atoms with E-state index in [0.29, 0.717) is 10.8 Å². The van der Waals surface area contributed by atoms with Crippen molar-refractivity contribution in [3.63, 3.8) is 0 Å². The molecule has 0 unspecified atom stereocenters. The highest BCUT2D eigenvalue weighted by Gasteiger charge is 2.05. The molecule has 1 aromatic heterocycles. The van der Waals surface area contributed by atoms with Gasteiger partial charge in [-0.2, -0.15) is 0 Å². The Balaban J connectivity index is 2.63. The van der Waals surface area contributed by atoms with Gasteiger partial charge in [0.25, 0.3) is 0 Å². The van der Waals surface area contributed by atoms with Crippen LogP contribution in [0.4, 0.5) is 0 Å². The van der Waals surface area contributed by atoms with Crippen molar-refractivity contribution < 1.29 is 9.53 Å². The minimum atomic E-state index is -0.359. The second kappa shape index (κ2) is 3.87. The molecule has 0 spiro atoms. The first-order valence-corrected chi connectivity index (χ1v) is 4.77. The van der Waals surface area contributed by atoms with Crippen molar-refractivity contribution in [1.82, 2.24) is 4.98 Å². The summed E-state index contributed by atoms with van der Waals surface area (Å²) in [5, 5.41) is 1.32. The van der Waals surface area contributed by atoms with Gasteiger partial charge >= 0.3 is 5.97 Å². The molecule has 0 amide bonds. The Labute approximate surface area is 91.6 Å². The van der Waals surface area contributed by atoms with E-state index in [4.69, 9.17) is 16.3 Å². The molecule has 0 saturated heterocycles. The Morgan fingerprint density at radius 3 is 2.93 bits per heavy atom. The van der Waals surface area contributed by atoms with Crippen LogP contribution in [0.1, 0.15) is 6.92 Å². The van der Waals surface area contributed by atoms with Gasteiger partial charge in [-0.1, -0.05) is 11.6 Å². The summed E-state index contributed by atoms with van der Waals surface area (Å²) in [6.07, 6.45) is 1.59. The van der Waals surface area contributed by atoms with Gasteiger partial charge in [0.1, 0.15) is 5.75 Å². The Hall–Kier alpha value is -1.61. The molecular weight excluding hydrogens is 214 g/mol. The van der Waals surface area contributed by atoms with Crippen LogP contribution in [0.25, 0.3) is 10.9 Å². The Morgan fingerprint density at radius 1 is 1.40 bits per heavy atom. The molecule has 0 bridgehead atoms. The lowest BCUT2D eigenvalue weighted by Crippen LogP contribution is -2.01. The second-order valence-electron chi connectivity index (χ2n) is 3.06. The van der Waals surface area contributed by atoms with Gasteiger partial charge in [0.15, 0.2) is 0 Å². The number of ether oxygens (including phenoxy) is 1. The fourth-order valence-corrected chi connectivity index (χ4v) is 1.51. The number of hydrogen-bond donors (Lipinski definition) is 0. The van der Waals surface area contributed by atoms with Crippen LogP contribution in [-0.4, -0.2) is 11.0 Å². The number of carbonyl (C=O) groups is 1. The number of benzene rings is 1. The molecule has 0 aliphatic carbocycles. The molecule has 0 atom stereocenters. The first-order chi connectivity index (χ1) is 7.16. The first kappa shape index (κ1) is 9.93. The minimum Gasteiger partial charge on any atom is -0.426 e. The summed E-state index contributed by atoms with van der Waals surface area (Å²) in [6.45, 7) is 1.36. The number of halogens is 1. The van der Waals surface area contributed by atoms with Gasteiger partial charge in [0.2, 0.25) is 0 Å². The zero-order valence-corrected chi connectivity index (χ0v) is 8.78. The third-order valence-corrected chi connectivity index (χ3v) is 2.15. The second-order valence-corrected chi connectivity index (χ2v) is 3.50. The predicted molar refractivity (Wildman–Crippen MR) is 58.1 cm³/mol. The highest BCUT2D eigenvalue weighted by Crippen LogP contribution is 2.26. The van der Waals surface area contributed by atoms with Gasteiger partial charge < -0.3 is 4.74 Å². The highest BCUT2D eigenvalue weighted by atomic mass is 35.5. The van der Waals surface area contributed by atoms with Crippen LogP contribution in [0.2, 0.25) is 5.02 Å². The normalized spacial score (nSPS) is 10.3.